The van der Waals surface area contributed by atoms with E-state index in [1.807, 2.05) is 6.08 Å². The first-order valence-corrected chi connectivity index (χ1v) is 6.63. The van der Waals surface area contributed by atoms with Gasteiger partial charge in [-0.25, -0.2) is 0 Å². The third-order valence-corrected chi connectivity index (χ3v) is 3.25. The fourth-order valence-corrected chi connectivity index (χ4v) is 2.35. The fraction of sp³-hybridized carbons (Fsp3) is 0.857. The van der Waals surface area contributed by atoms with Crippen LogP contribution < -0.4 is 0 Å². The Balaban J connectivity index is 2.25. The van der Waals surface area contributed by atoms with Crippen LogP contribution in [0.4, 0.5) is 0 Å². The van der Waals surface area contributed by atoms with E-state index in [2.05, 4.69) is 13.5 Å². The molecule has 0 aliphatic carbocycles. The average Bonchev–Trinajstić information content (AvgIpc) is 2.45. The van der Waals surface area contributed by atoms with Crippen LogP contribution in [-0.4, -0.2) is 12.2 Å². The summed E-state index contributed by atoms with van der Waals surface area (Å²) in [6.07, 6.45) is 14.5. The molecular weight excluding hydrogens is 184 g/mol. The predicted octanol–water partition coefficient (Wildman–Crippen LogP) is 4.47. The number of ether oxygens (including phenoxy) is 1. The molecule has 0 unspecified atom stereocenters. The van der Waals surface area contributed by atoms with Gasteiger partial charge < -0.3 is 4.74 Å². The van der Waals surface area contributed by atoms with Crippen LogP contribution in [0.5, 0.6) is 0 Å². The first-order valence-electron chi connectivity index (χ1n) is 6.63. The van der Waals surface area contributed by atoms with Gasteiger partial charge in [0.15, 0.2) is 0 Å². The summed E-state index contributed by atoms with van der Waals surface area (Å²) in [5.41, 5.74) is 0. The maximum Gasteiger partial charge on any atom is 0.0613 e. The summed E-state index contributed by atoms with van der Waals surface area (Å²) in [5, 5.41) is 0. The van der Waals surface area contributed by atoms with Crippen LogP contribution in [-0.2, 0) is 4.74 Å². The highest BCUT2D eigenvalue weighted by atomic mass is 16.5. The van der Waals surface area contributed by atoms with Gasteiger partial charge in [-0.3, -0.25) is 0 Å². The molecule has 0 aromatic rings. The molecule has 1 nitrogen and oxygen atoms in total. The summed E-state index contributed by atoms with van der Waals surface area (Å²) in [5.74, 6) is 0. The van der Waals surface area contributed by atoms with Crippen molar-refractivity contribution in [1.82, 2.24) is 0 Å². The second-order valence-corrected chi connectivity index (χ2v) is 4.68. The van der Waals surface area contributed by atoms with Crippen molar-refractivity contribution in [3.63, 3.8) is 0 Å². The monoisotopic (exact) mass is 210 g/mol. The molecule has 1 heterocycles. The van der Waals surface area contributed by atoms with Crippen molar-refractivity contribution in [2.45, 2.75) is 76.9 Å². The lowest BCUT2D eigenvalue weighted by Gasteiger charge is -2.20. The molecule has 0 N–H and O–H groups in total. The lowest BCUT2D eigenvalue weighted by molar-refractivity contribution is -0.0114. The van der Waals surface area contributed by atoms with Gasteiger partial charge in [-0.15, -0.1) is 6.58 Å². The third-order valence-electron chi connectivity index (χ3n) is 3.25. The zero-order chi connectivity index (χ0) is 10.9. The Labute approximate surface area is 94.9 Å². The molecule has 0 bridgehead atoms. The largest absolute Gasteiger partial charge is 0.375 e. The highest BCUT2D eigenvalue weighted by molar-refractivity contribution is 4.77. The summed E-state index contributed by atoms with van der Waals surface area (Å²) in [7, 11) is 0. The van der Waals surface area contributed by atoms with Gasteiger partial charge in [0.1, 0.15) is 0 Å². The van der Waals surface area contributed by atoms with Crippen molar-refractivity contribution >= 4 is 0 Å². The fourth-order valence-electron chi connectivity index (χ4n) is 2.35. The number of hydrogen-bond donors (Lipinski definition) is 0. The van der Waals surface area contributed by atoms with Gasteiger partial charge in [-0.1, -0.05) is 45.1 Å². The number of rotatable bonds is 6. The lowest BCUT2D eigenvalue weighted by Crippen LogP contribution is -2.19. The van der Waals surface area contributed by atoms with E-state index in [4.69, 9.17) is 4.74 Å². The summed E-state index contributed by atoms with van der Waals surface area (Å²) in [4.78, 5) is 0. The van der Waals surface area contributed by atoms with Gasteiger partial charge >= 0.3 is 0 Å². The van der Waals surface area contributed by atoms with E-state index < -0.39 is 0 Å². The summed E-state index contributed by atoms with van der Waals surface area (Å²) in [6.45, 7) is 6.06. The summed E-state index contributed by atoms with van der Waals surface area (Å²) >= 11 is 0. The molecule has 0 spiro atoms. The molecule has 0 radical (unpaired) electrons. The van der Waals surface area contributed by atoms with Crippen molar-refractivity contribution < 1.29 is 4.74 Å². The molecule has 15 heavy (non-hydrogen) atoms. The van der Waals surface area contributed by atoms with Gasteiger partial charge in [-0.2, -0.15) is 0 Å². The van der Waals surface area contributed by atoms with Crippen molar-refractivity contribution in [2.75, 3.05) is 0 Å². The molecule has 1 heteroatoms. The Kier molecular flexibility index (Phi) is 6.74. The number of unbranched alkanes of at least 4 members (excludes halogenated alkanes) is 2. The Morgan fingerprint density at radius 2 is 1.93 bits per heavy atom. The minimum absolute atomic E-state index is 0.455. The molecule has 1 fully saturated rings. The summed E-state index contributed by atoms with van der Waals surface area (Å²) < 4.78 is 6.13. The quantitative estimate of drug-likeness (QED) is 0.464. The Bertz CT molecular complexity index is 165. The topological polar surface area (TPSA) is 9.23 Å². The van der Waals surface area contributed by atoms with E-state index in [1.165, 1.54) is 51.4 Å². The standard InChI is InChI=1S/C14H26O/c1-3-5-6-10-14-12-8-7-11-13(15-14)9-4-2/h4,13-14H,2-3,5-12H2,1H3/t13-,14+/m1/s1. The van der Waals surface area contributed by atoms with Crippen molar-refractivity contribution in [3.05, 3.63) is 12.7 Å². The van der Waals surface area contributed by atoms with Gasteiger partial charge in [0, 0.05) is 0 Å². The molecule has 0 aromatic heterocycles. The van der Waals surface area contributed by atoms with E-state index in [1.54, 1.807) is 0 Å². The molecule has 2 atom stereocenters. The van der Waals surface area contributed by atoms with Crippen LogP contribution in [0.25, 0.3) is 0 Å². The van der Waals surface area contributed by atoms with E-state index >= 15 is 0 Å². The smallest absolute Gasteiger partial charge is 0.0613 e. The minimum Gasteiger partial charge on any atom is -0.375 e. The second-order valence-electron chi connectivity index (χ2n) is 4.68. The van der Waals surface area contributed by atoms with Crippen LogP contribution >= 0.6 is 0 Å². The second kappa shape index (κ2) is 7.92. The number of hydrogen-bond acceptors (Lipinski definition) is 1. The van der Waals surface area contributed by atoms with E-state index in [-0.39, 0.29) is 0 Å². The maximum atomic E-state index is 6.13. The highest BCUT2D eigenvalue weighted by Gasteiger charge is 2.18. The van der Waals surface area contributed by atoms with Crippen LogP contribution in [0, 0.1) is 0 Å². The molecule has 1 aliphatic rings. The van der Waals surface area contributed by atoms with Gasteiger partial charge in [0.25, 0.3) is 0 Å². The molecule has 0 amide bonds. The molecule has 0 saturated carbocycles. The predicted molar refractivity (Wildman–Crippen MR) is 66.1 cm³/mol. The average molecular weight is 210 g/mol. The van der Waals surface area contributed by atoms with E-state index in [9.17, 15) is 0 Å². The molecule has 1 rings (SSSR count). The SMILES string of the molecule is C=CC[C@@H]1CCCC[C@H](CCCCC)O1. The third kappa shape index (κ3) is 5.36. The van der Waals surface area contributed by atoms with Crippen LogP contribution in [0.1, 0.15) is 64.7 Å². The maximum absolute atomic E-state index is 6.13. The van der Waals surface area contributed by atoms with Gasteiger partial charge in [0.05, 0.1) is 12.2 Å². The first kappa shape index (κ1) is 12.8. The Hall–Kier alpha value is -0.300. The van der Waals surface area contributed by atoms with Crippen LogP contribution in [0.3, 0.4) is 0 Å². The minimum atomic E-state index is 0.455. The Morgan fingerprint density at radius 1 is 1.20 bits per heavy atom. The molecule has 88 valence electrons. The zero-order valence-corrected chi connectivity index (χ0v) is 10.2. The van der Waals surface area contributed by atoms with Crippen molar-refractivity contribution in [1.29, 1.82) is 0 Å². The van der Waals surface area contributed by atoms with Crippen molar-refractivity contribution in [3.8, 4) is 0 Å². The van der Waals surface area contributed by atoms with Gasteiger partial charge in [0.2, 0.25) is 0 Å². The van der Waals surface area contributed by atoms with E-state index in [0.29, 0.717) is 12.2 Å². The van der Waals surface area contributed by atoms with Crippen LogP contribution in [0.2, 0.25) is 0 Å². The van der Waals surface area contributed by atoms with Crippen molar-refractivity contribution in [2.24, 2.45) is 0 Å². The highest BCUT2D eigenvalue weighted by Crippen LogP contribution is 2.23. The molecular formula is C14H26O. The molecule has 1 aliphatic heterocycles. The first-order chi connectivity index (χ1) is 7.36. The normalized spacial score (nSPS) is 27.3. The molecule has 0 aromatic carbocycles. The van der Waals surface area contributed by atoms with Gasteiger partial charge in [-0.05, 0) is 25.7 Å². The summed E-state index contributed by atoms with van der Waals surface area (Å²) in [6, 6.07) is 0. The zero-order valence-electron chi connectivity index (χ0n) is 10.2. The van der Waals surface area contributed by atoms with E-state index in [0.717, 1.165) is 6.42 Å². The van der Waals surface area contributed by atoms with Crippen LogP contribution in [0.15, 0.2) is 12.7 Å². The lowest BCUT2D eigenvalue weighted by atomic mass is 10.1. The molecule has 1 saturated heterocycles. The Morgan fingerprint density at radius 3 is 2.60 bits per heavy atom.